The van der Waals surface area contributed by atoms with Gasteiger partial charge in [0.05, 0.1) is 4.92 Å². The van der Waals surface area contributed by atoms with Crippen LogP contribution in [0.2, 0.25) is 0 Å². The van der Waals surface area contributed by atoms with Crippen molar-refractivity contribution in [3.63, 3.8) is 0 Å². The third-order valence-corrected chi connectivity index (χ3v) is 3.51. The topological polar surface area (TPSA) is 78.7 Å². The molecule has 2 aromatic rings. The summed E-state index contributed by atoms with van der Waals surface area (Å²) in [5.41, 5.74) is 3.25. The molecule has 2 rings (SSSR count). The number of rotatable bonds is 7. The van der Waals surface area contributed by atoms with E-state index in [1.807, 2.05) is 25.1 Å². The van der Waals surface area contributed by atoms with Crippen molar-refractivity contribution in [2.24, 2.45) is 0 Å². The van der Waals surface area contributed by atoms with Crippen LogP contribution in [0.15, 0.2) is 49.0 Å². The molecule has 25 heavy (non-hydrogen) atoms. The molecular weight excluding hydrogens is 322 g/mol. The SMILES string of the molecule is C=C(COC(C)=O)c1ccc(C)cc1OCc1ccc([N+](=O)[O-])cc1. The van der Waals surface area contributed by atoms with Gasteiger partial charge in [-0.15, -0.1) is 0 Å². The molecule has 0 aliphatic heterocycles. The van der Waals surface area contributed by atoms with Crippen LogP contribution in [0.5, 0.6) is 5.75 Å². The summed E-state index contributed by atoms with van der Waals surface area (Å²) in [5.74, 6) is 0.247. The van der Waals surface area contributed by atoms with E-state index in [9.17, 15) is 14.9 Å². The van der Waals surface area contributed by atoms with E-state index in [0.29, 0.717) is 11.3 Å². The number of hydrogen-bond donors (Lipinski definition) is 0. The van der Waals surface area contributed by atoms with Crippen LogP contribution >= 0.6 is 0 Å². The Bertz CT molecular complexity index is 796. The zero-order valence-corrected chi connectivity index (χ0v) is 14.2. The number of carbonyl (C=O) groups excluding carboxylic acids is 1. The standard InChI is InChI=1S/C19H19NO5/c1-13-4-9-18(14(2)11-24-15(3)21)19(10-13)25-12-16-5-7-17(8-6-16)20(22)23/h4-10H,2,11-12H2,1,3H3. The van der Waals surface area contributed by atoms with Gasteiger partial charge in [-0.25, -0.2) is 0 Å². The van der Waals surface area contributed by atoms with E-state index in [0.717, 1.165) is 16.7 Å². The molecule has 0 N–H and O–H groups in total. The zero-order valence-electron chi connectivity index (χ0n) is 14.2. The number of nitro benzene ring substituents is 1. The number of benzene rings is 2. The number of nitro groups is 1. The molecule has 0 bridgehead atoms. The molecule has 0 aliphatic carbocycles. The average molecular weight is 341 g/mol. The van der Waals surface area contributed by atoms with Gasteiger partial charge in [0.15, 0.2) is 0 Å². The third kappa shape index (κ3) is 5.17. The van der Waals surface area contributed by atoms with Crippen LogP contribution in [-0.4, -0.2) is 17.5 Å². The highest BCUT2D eigenvalue weighted by atomic mass is 16.6. The first kappa shape index (κ1) is 18.2. The molecule has 130 valence electrons. The van der Waals surface area contributed by atoms with Crippen LogP contribution in [0.3, 0.4) is 0 Å². The van der Waals surface area contributed by atoms with E-state index >= 15 is 0 Å². The summed E-state index contributed by atoms with van der Waals surface area (Å²) in [7, 11) is 0. The first-order valence-corrected chi connectivity index (χ1v) is 7.65. The van der Waals surface area contributed by atoms with Crippen LogP contribution < -0.4 is 4.74 Å². The molecule has 0 radical (unpaired) electrons. The van der Waals surface area contributed by atoms with Crippen LogP contribution in [0, 0.1) is 17.0 Å². The highest BCUT2D eigenvalue weighted by Crippen LogP contribution is 2.27. The fourth-order valence-corrected chi connectivity index (χ4v) is 2.18. The molecule has 0 unspecified atom stereocenters. The molecule has 2 aromatic carbocycles. The summed E-state index contributed by atoms with van der Waals surface area (Å²) < 4.78 is 10.8. The Morgan fingerprint density at radius 2 is 1.88 bits per heavy atom. The Kier molecular flexibility index (Phi) is 5.89. The maximum Gasteiger partial charge on any atom is 0.302 e. The highest BCUT2D eigenvalue weighted by molar-refractivity contribution is 5.73. The second-order valence-corrected chi connectivity index (χ2v) is 5.60. The number of carbonyl (C=O) groups is 1. The van der Waals surface area contributed by atoms with Crippen LogP contribution in [-0.2, 0) is 16.1 Å². The average Bonchev–Trinajstić information content (AvgIpc) is 2.58. The van der Waals surface area contributed by atoms with Gasteiger partial charge in [0.2, 0.25) is 0 Å². The third-order valence-electron chi connectivity index (χ3n) is 3.51. The van der Waals surface area contributed by atoms with E-state index in [-0.39, 0.29) is 24.9 Å². The minimum Gasteiger partial charge on any atom is -0.488 e. The van der Waals surface area contributed by atoms with Crippen molar-refractivity contribution in [3.05, 3.63) is 75.8 Å². The van der Waals surface area contributed by atoms with Gasteiger partial charge in [-0.05, 0) is 41.8 Å². The summed E-state index contributed by atoms with van der Waals surface area (Å²) in [5, 5.41) is 10.7. The molecule has 0 atom stereocenters. The predicted molar refractivity (Wildman–Crippen MR) is 94.3 cm³/mol. The van der Waals surface area contributed by atoms with Crippen molar-refractivity contribution in [1.82, 2.24) is 0 Å². The van der Waals surface area contributed by atoms with Gasteiger partial charge in [0.1, 0.15) is 19.0 Å². The Morgan fingerprint density at radius 1 is 1.20 bits per heavy atom. The number of esters is 1. The Balaban J connectivity index is 2.12. The van der Waals surface area contributed by atoms with Gasteiger partial charge in [-0.1, -0.05) is 18.7 Å². The first-order valence-electron chi connectivity index (χ1n) is 7.65. The second-order valence-electron chi connectivity index (χ2n) is 5.60. The number of aryl methyl sites for hydroxylation is 1. The summed E-state index contributed by atoms with van der Waals surface area (Å²) in [4.78, 5) is 21.2. The minimum atomic E-state index is -0.442. The largest absolute Gasteiger partial charge is 0.488 e. The van der Waals surface area contributed by atoms with Crippen LogP contribution in [0.4, 0.5) is 5.69 Å². The lowest BCUT2D eigenvalue weighted by atomic mass is 10.0. The minimum absolute atomic E-state index is 0.0368. The van der Waals surface area contributed by atoms with Gasteiger partial charge in [0, 0.05) is 24.6 Å². The van der Waals surface area contributed by atoms with Crippen LogP contribution in [0.25, 0.3) is 5.57 Å². The molecular formula is C19H19NO5. The first-order chi connectivity index (χ1) is 11.9. The van der Waals surface area contributed by atoms with Crippen molar-refractivity contribution in [3.8, 4) is 5.75 Å². The molecule has 0 saturated carbocycles. The van der Waals surface area contributed by atoms with Crippen molar-refractivity contribution < 1.29 is 19.2 Å². The van der Waals surface area contributed by atoms with Gasteiger partial charge in [-0.3, -0.25) is 14.9 Å². The monoisotopic (exact) mass is 341 g/mol. The lowest BCUT2D eigenvalue weighted by Gasteiger charge is -2.14. The van der Waals surface area contributed by atoms with E-state index in [1.165, 1.54) is 19.1 Å². The van der Waals surface area contributed by atoms with E-state index in [1.54, 1.807) is 12.1 Å². The van der Waals surface area contributed by atoms with Crippen LogP contribution in [0.1, 0.15) is 23.6 Å². The fraction of sp³-hybridized carbons (Fsp3) is 0.211. The molecule has 0 heterocycles. The molecule has 0 fully saturated rings. The highest BCUT2D eigenvalue weighted by Gasteiger charge is 2.10. The molecule has 0 saturated heterocycles. The lowest BCUT2D eigenvalue weighted by Crippen LogP contribution is -2.04. The lowest BCUT2D eigenvalue weighted by molar-refractivity contribution is -0.384. The molecule has 6 nitrogen and oxygen atoms in total. The fourth-order valence-electron chi connectivity index (χ4n) is 2.18. The summed E-state index contributed by atoms with van der Waals surface area (Å²) in [6, 6.07) is 11.9. The molecule has 0 aliphatic rings. The van der Waals surface area contributed by atoms with Crippen molar-refractivity contribution in [2.75, 3.05) is 6.61 Å². The maximum absolute atomic E-state index is 11.0. The van der Waals surface area contributed by atoms with Gasteiger partial charge < -0.3 is 9.47 Å². The number of ether oxygens (including phenoxy) is 2. The van der Waals surface area contributed by atoms with E-state index in [4.69, 9.17) is 9.47 Å². The van der Waals surface area contributed by atoms with Crippen molar-refractivity contribution in [2.45, 2.75) is 20.5 Å². The summed E-state index contributed by atoms with van der Waals surface area (Å²) in [6.45, 7) is 7.57. The Labute approximate surface area is 145 Å². The van der Waals surface area contributed by atoms with E-state index < -0.39 is 4.92 Å². The number of hydrogen-bond acceptors (Lipinski definition) is 5. The molecule has 6 heteroatoms. The number of non-ortho nitro benzene ring substituents is 1. The van der Waals surface area contributed by atoms with E-state index in [2.05, 4.69) is 6.58 Å². The number of nitrogens with zero attached hydrogens (tertiary/aromatic N) is 1. The smallest absolute Gasteiger partial charge is 0.302 e. The second kappa shape index (κ2) is 8.10. The normalized spacial score (nSPS) is 10.2. The zero-order chi connectivity index (χ0) is 18.4. The quantitative estimate of drug-likeness (QED) is 0.431. The van der Waals surface area contributed by atoms with Gasteiger partial charge >= 0.3 is 5.97 Å². The molecule has 0 aromatic heterocycles. The van der Waals surface area contributed by atoms with Crippen molar-refractivity contribution >= 4 is 17.2 Å². The Morgan fingerprint density at radius 3 is 2.48 bits per heavy atom. The Hall–Kier alpha value is -3.15. The van der Waals surface area contributed by atoms with Gasteiger partial charge in [0.25, 0.3) is 5.69 Å². The maximum atomic E-state index is 11.0. The van der Waals surface area contributed by atoms with Crippen molar-refractivity contribution in [1.29, 1.82) is 0 Å². The van der Waals surface area contributed by atoms with Gasteiger partial charge in [-0.2, -0.15) is 0 Å². The molecule has 0 amide bonds. The molecule has 0 spiro atoms. The summed E-state index contributed by atoms with van der Waals surface area (Å²) in [6.07, 6.45) is 0. The summed E-state index contributed by atoms with van der Waals surface area (Å²) >= 11 is 0. The predicted octanol–water partition coefficient (Wildman–Crippen LogP) is 4.06.